The molecule has 0 saturated carbocycles. The molecule has 0 unspecified atom stereocenters. The van der Waals surface area contributed by atoms with Crippen LogP contribution >= 0.6 is 11.3 Å². The first-order chi connectivity index (χ1) is 23.7. The minimum atomic E-state index is -0.784. The fourth-order valence-electron chi connectivity index (χ4n) is 6.97. The molecule has 0 aliphatic carbocycles. The number of fused-ring (bicyclic) bond motifs is 3. The molecule has 2 aliphatic rings. The van der Waals surface area contributed by atoms with E-state index in [-0.39, 0.29) is 49.1 Å². The second-order valence-corrected chi connectivity index (χ2v) is 13.4. The molecular formula is C37H37F2N5O4S. The Morgan fingerprint density at radius 1 is 1.10 bits per heavy atom. The minimum absolute atomic E-state index is 0.0374. The number of aliphatic hydroxyl groups is 1. The predicted octanol–water partition coefficient (Wildman–Crippen LogP) is 6.24. The van der Waals surface area contributed by atoms with E-state index in [0.29, 0.717) is 42.3 Å². The Labute approximate surface area is 287 Å². The van der Waals surface area contributed by atoms with Crippen LogP contribution in [-0.4, -0.2) is 82.1 Å². The Balaban J connectivity index is 1.46. The molecule has 2 aliphatic heterocycles. The number of carbonyl (C=O) groups is 1. The maximum absolute atomic E-state index is 16.1. The van der Waals surface area contributed by atoms with Gasteiger partial charge in [-0.2, -0.15) is 5.10 Å². The van der Waals surface area contributed by atoms with Crippen molar-refractivity contribution < 1.29 is 28.2 Å². The SMILES string of the molecule is C=CC(=O)N1CCn2nc(-c3nc(-c4ccc5c(c4)CN(C)[C@@H](CO)C5)c4ccsc4c3-c3c(F)cc(F)cc3OCCOC)cc2[C@H]1C. The van der Waals surface area contributed by atoms with E-state index in [1.165, 1.54) is 36.2 Å². The average molecular weight is 686 g/mol. The summed E-state index contributed by atoms with van der Waals surface area (Å²) in [4.78, 5) is 21.8. The van der Waals surface area contributed by atoms with Crippen LogP contribution in [-0.2, 0) is 29.0 Å². The van der Waals surface area contributed by atoms with E-state index >= 15 is 4.39 Å². The normalized spacial score (nSPS) is 17.6. The third-order valence-corrected chi connectivity index (χ3v) is 10.5. The second kappa shape index (κ2) is 13.4. The standard InChI is InChI=1S/C37H37F2N5O4S/c1-5-32(46)43-9-10-44-30(21(43)2)18-29(41-44)36-34(33-28(39)16-25(38)17-31(33)48-12-11-47-4)37-27(8-13-49-37)35(40-36)23-7-6-22-15-26(20-45)42(3)19-24(22)14-23/h5-8,13-14,16-18,21,26,45H,1,9-12,15,19-20H2,2-4H3/t21-,26-/m1/s1. The molecule has 3 aromatic heterocycles. The molecule has 0 saturated heterocycles. The average Bonchev–Trinajstić information content (AvgIpc) is 3.76. The molecule has 7 rings (SSSR count). The lowest BCUT2D eigenvalue weighted by Gasteiger charge is -2.33. The van der Waals surface area contributed by atoms with Crippen LogP contribution in [0.4, 0.5) is 8.78 Å². The van der Waals surface area contributed by atoms with Gasteiger partial charge in [0, 0.05) is 59.6 Å². The van der Waals surface area contributed by atoms with Gasteiger partial charge in [0.15, 0.2) is 0 Å². The van der Waals surface area contributed by atoms with Crippen molar-refractivity contribution in [3.05, 3.63) is 89.0 Å². The second-order valence-electron chi connectivity index (χ2n) is 12.5. The van der Waals surface area contributed by atoms with Crippen LogP contribution in [0.15, 0.2) is 60.5 Å². The molecule has 0 spiro atoms. The molecular weight excluding hydrogens is 649 g/mol. The van der Waals surface area contributed by atoms with Gasteiger partial charge >= 0.3 is 0 Å². The first-order valence-electron chi connectivity index (χ1n) is 16.2. The molecule has 0 radical (unpaired) electrons. The van der Waals surface area contributed by atoms with Gasteiger partial charge in [-0.1, -0.05) is 18.7 Å². The highest BCUT2D eigenvalue weighted by atomic mass is 32.1. The van der Waals surface area contributed by atoms with Gasteiger partial charge in [0.05, 0.1) is 42.8 Å². The molecule has 1 N–H and O–H groups in total. The molecule has 254 valence electrons. The van der Waals surface area contributed by atoms with Crippen LogP contribution in [0.1, 0.15) is 29.8 Å². The van der Waals surface area contributed by atoms with Gasteiger partial charge in [-0.25, -0.2) is 13.8 Å². The number of rotatable bonds is 9. The number of carbonyl (C=O) groups excluding carboxylic acids is 1. The Bertz CT molecular complexity index is 2080. The van der Waals surface area contributed by atoms with Gasteiger partial charge < -0.3 is 19.5 Å². The molecule has 0 bridgehead atoms. The third-order valence-electron chi connectivity index (χ3n) is 9.57. The van der Waals surface area contributed by atoms with Crippen molar-refractivity contribution in [2.45, 2.75) is 38.5 Å². The molecule has 12 heteroatoms. The number of halogens is 2. The van der Waals surface area contributed by atoms with Crippen molar-refractivity contribution in [2.24, 2.45) is 0 Å². The number of benzene rings is 2. The first kappa shape index (κ1) is 33.0. The van der Waals surface area contributed by atoms with Crippen LogP contribution in [0.5, 0.6) is 5.75 Å². The lowest BCUT2D eigenvalue weighted by Crippen LogP contribution is -2.40. The predicted molar refractivity (Wildman–Crippen MR) is 185 cm³/mol. The Hall–Kier alpha value is -4.49. The van der Waals surface area contributed by atoms with Crippen LogP contribution in [0.3, 0.4) is 0 Å². The largest absolute Gasteiger partial charge is 0.490 e. The maximum atomic E-state index is 16.1. The molecule has 49 heavy (non-hydrogen) atoms. The number of aromatic nitrogens is 3. The van der Waals surface area contributed by atoms with Crippen LogP contribution < -0.4 is 4.74 Å². The van der Waals surface area contributed by atoms with Gasteiger partial charge in [-0.15, -0.1) is 11.3 Å². The number of nitrogens with zero attached hydrogens (tertiary/aromatic N) is 5. The zero-order chi connectivity index (χ0) is 34.4. The van der Waals surface area contributed by atoms with E-state index in [9.17, 15) is 14.3 Å². The number of ether oxygens (including phenoxy) is 2. The molecule has 1 amide bonds. The number of hydrogen-bond acceptors (Lipinski definition) is 8. The summed E-state index contributed by atoms with van der Waals surface area (Å²) < 4.78 is 44.5. The summed E-state index contributed by atoms with van der Waals surface area (Å²) in [6.07, 6.45) is 2.05. The number of amides is 1. The van der Waals surface area contributed by atoms with Gasteiger partial charge in [0.25, 0.3) is 0 Å². The van der Waals surface area contributed by atoms with Gasteiger partial charge in [-0.3, -0.25) is 14.4 Å². The third kappa shape index (κ3) is 5.92. The summed E-state index contributed by atoms with van der Waals surface area (Å²) in [5.41, 5.74) is 6.18. The highest BCUT2D eigenvalue weighted by Gasteiger charge is 2.32. The van der Waals surface area contributed by atoms with Gasteiger partial charge in [-0.05, 0) is 61.2 Å². The smallest absolute Gasteiger partial charge is 0.246 e. The van der Waals surface area contributed by atoms with E-state index in [4.69, 9.17) is 19.6 Å². The van der Waals surface area contributed by atoms with Crippen LogP contribution in [0, 0.1) is 11.6 Å². The zero-order valence-corrected chi connectivity index (χ0v) is 28.4. The monoisotopic (exact) mass is 685 g/mol. The summed E-state index contributed by atoms with van der Waals surface area (Å²) in [6, 6.07) is 11.9. The summed E-state index contributed by atoms with van der Waals surface area (Å²) in [5, 5.41) is 17.6. The Morgan fingerprint density at radius 3 is 2.71 bits per heavy atom. The zero-order valence-electron chi connectivity index (χ0n) is 27.6. The molecule has 2 aromatic carbocycles. The number of pyridine rings is 1. The fourth-order valence-corrected chi connectivity index (χ4v) is 7.92. The van der Waals surface area contributed by atoms with Crippen molar-refractivity contribution in [2.75, 3.05) is 40.5 Å². The maximum Gasteiger partial charge on any atom is 0.246 e. The van der Waals surface area contributed by atoms with E-state index in [1.807, 2.05) is 42.2 Å². The van der Waals surface area contributed by atoms with E-state index in [0.717, 1.165) is 39.4 Å². The van der Waals surface area contributed by atoms with E-state index < -0.39 is 11.6 Å². The first-order valence-corrected chi connectivity index (χ1v) is 17.1. The van der Waals surface area contributed by atoms with E-state index in [1.54, 1.807) is 4.90 Å². The number of aliphatic hydroxyl groups excluding tert-OH is 1. The molecule has 5 aromatic rings. The number of methoxy groups -OCH3 is 1. The van der Waals surface area contributed by atoms with Crippen LogP contribution in [0.25, 0.3) is 43.9 Å². The summed E-state index contributed by atoms with van der Waals surface area (Å²) in [6.45, 7) is 7.60. The van der Waals surface area contributed by atoms with Gasteiger partial charge in [0.1, 0.15) is 35.4 Å². The number of thiophene rings is 1. The minimum Gasteiger partial charge on any atom is -0.490 e. The van der Waals surface area contributed by atoms with E-state index in [2.05, 4.69) is 23.6 Å². The lowest BCUT2D eigenvalue weighted by atomic mass is 9.91. The highest BCUT2D eigenvalue weighted by Crippen LogP contribution is 2.47. The summed E-state index contributed by atoms with van der Waals surface area (Å²) >= 11 is 1.44. The topological polar surface area (TPSA) is 93.0 Å². The van der Waals surface area contributed by atoms with Crippen molar-refractivity contribution >= 4 is 27.3 Å². The Kier molecular flexibility index (Phi) is 9.05. The van der Waals surface area contributed by atoms with Gasteiger partial charge in [0.2, 0.25) is 5.91 Å². The van der Waals surface area contributed by atoms with Crippen molar-refractivity contribution in [3.63, 3.8) is 0 Å². The fraction of sp³-hybridized carbons (Fsp3) is 0.324. The molecule has 0 fully saturated rings. The molecule has 9 nitrogen and oxygen atoms in total. The van der Waals surface area contributed by atoms with Crippen molar-refractivity contribution in [1.29, 1.82) is 0 Å². The quantitative estimate of drug-likeness (QED) is 0.145. The molecule has 5 heterocycles. The Morgan fingerprint density at radius 2 is 1.94 bits per heavy atom. The summed E-state index contributed by atoms with van der Waals surface area (Å²) in [5.74, 6) is -1.68. The van der Waals surface area contributed by atoms with Crippen LogP contribution in [0.2, 0.25) is 0 Å². The molecule has 2 atom stereocenters. The summed E-state index contributed by atoms with van der Waals surface area (Å²) in [7, 11) is 3.54. The number of likely N-dealkylation sites (N-methyl/N-ethyl adjacent to an activating group) is 1. The van der Waals surface area contributed by atoms with Crippen molar-refractivity contribution in [3.8, 4) is 39.5 Å². The number of hydrogen-bond donors (Lipinski definition) is 1. The highest BCUT2D eigenvalue weighted by molar-refractivity contribution is 7.18. The lowest BCUT2D eigenvalue weighted by molar-refractivity contribution is -0.129. The van der Waals surface area contributed by atoms with Crippen molar-refractivity contribution in [1.82, 2.24) is 24.6 Å².